The Morgan fingerprint density at radius 3 is 2.46 bits per heavy atom. The average molecular weight is 622 g/mol. The lowest BCUT2D eigenvalue weighted by molar-refractivity contribution is 0.243. The van der Waals surface area contributed by atoms with Gasteiger partial charge in [-0.25, -0.2) is 4.99 Å². The van der Waals surface area contributed by atoms with Gasteiger partial charge in [-0.1, -0.05) is 86.6 Å². The molecule has 1 aromatic carbocycles. The van der Waals surface area contributed by atoms with Gasteiger partial charge in [-0.15, -0.1) is 0 Å². The highest BCUT2D eigenvalue weighted by atomic mass is 15.2. The van der Waals surface area contributed by atoms with Crippen LogP contribution in [-0.4, -0.2) is 41.8 Å². The first-order valence-corrected chi connectivity index (χ1v) is 17.3. The molecule has 5 nitrogen and oxygen atoms in total. The number of nitrogens with one attached hydrogen (secondary N) is 2. The lowest BCUT2D eigenvalue weighted by Gasteiger charge is -2.35. The number of hydrogen-bond donors (Lipinski definition) is 2. The first kappa shape index (κ1) is 36.8. The summed E-state index contributed by atoms with van der Waals surface area (Å²) in [6.45, 7) is 27.3. The van der Waals surface area contributed by atoms with Crippen LogP contribution in [0.3, 0.4) is 0 Å². The molecule has 0 aliphatic carbocycles. The van der Waals surface area contributed by atoms with E-state index in [-0.39, 0.29) is 6.04 Å². The number of unbranched alkanes of at least 4 members (excludes halogenated alkanes) is 1. The number of rotatable bonds is 17. The van der Waals surface area contributed by atoms with E-state index < -0.39 is 0 Å². The number of hydrogen-bond acceptors (Lipinski definition) is 5. The van der Waals surface area contributed by atoms with E-state index in [4.69, 9.17) is 4.99 Å². The molecule has 2 aromatic rings. The average Bonchev–Trinajstić information content (AvgIpc) is 3.06. The van der Waals surface area contributed by atoms with E-state index in [2.05, 4.69) is 118 Å². The van der Waals surface area contributed by atoms with Crippen LogP contribution >= 0.6 is 0 Å². The molecule has 1 unspecified atom stereocenters. The largest absolute Gasteiger partial charge is 0.383 e. The standard InChI is InChI=1S/C41H59N5/c1-10-14-17-34(30(5)6)21-20-32(9)35-22-24-46(25-23-35)41(42-13-4)37(11-2)38(12-3)45-29-40(31(7)8)44-28-33-26-36-18-15-16-19-39(36)43-27-33/h12-13,15-16,18-21,26-27,35,40,44-45H,7,9-11,14,17,22-25,28-29H2,1-6,8H3/b21-20-,38-12-,41-37+,42-13-. The second kappa shape index (κ2) is 19.1. The second-order valence-electron chi connectivity index (χ2n) is 12.7. The second-order valence-corrected chi connectivity index (χ2v) is 12.7. The molecule has 1 aliphatic heterocycles. The van der Waals surface area contributed by atoms with Crippen molar-refractivity contribution in [1.82, 2.24) is 20.5 Å². The molecule has 1 aliphatic rings. The van der Waals surface area contributed by atoms with Gasteiger partial charge in [0.1, 0.15) is 5.82 Å². The Labute approximate surface area is 280 Å². The predicted molar refractivity (Wildman–Crippen MR) is 201 cm³/mol. The van der Waals surface area contributed by atoms with Crippen molar-refractivity contribution in [3.05, 3.63) is 113 Å². The molecule has 2 heterocycles. The van der Waals surface area contributed by atoms with Crippen LogP contribution in [0.5, 0.6) is 0 Å². The molecule has 0 radical (unpaired) electrons. The Morgan fingerprint density at radius 2 is 1.83 bits per heavy atom. The fraction of sp³-hybridized carbons (Fsp3) is 0.463. The monoisotopic (exact) mass is 621 g/mol. The Kier molecular flexibility index (Phi) is 15.2. The normalized spacial score (nSPS) is 15.8. The topological polar surface area (TPSA) is 52.5 Å². The van der Waals surface area contributed by atoms with Gasteiger partial charge in [0, 0.05) is 61.3 Å². The molecule has 1 saturated heterocycles. The number of likely N-dealkylation sites (tertiary alicyclic amines) is 1. The van der Waals surface area contributed by atoms with Crippen LogP contribution < -0.4 is 10.6 Å². The van der Waals surface area contributed by atoms with Crippen molar-refractivity contribution < 1.29 is 0 Å². The smallest absolute Gasteiger partial charge is 0.133 e. The minimum Gasteiger partial charge on any atom is -0.383 e. The zero-order chi connectivity index (χ0) is 33.5. The molecule has 5 heteroatoms. The zero-order valence-corrected chi connectivity index (χ0v) is 29.8. The number of nitrogens with zero attached hydrogens (tertiary/aromatic N) is 3. The quantitative estimate of drug-likeness (QED) is 0.105. The van der Waals surface area contributed by atoms with E-state index in [0.29, 0.717) is 5.92 Å². The zero-order valence-electron chi connectivity index (χ0n) is 29.8. The third-order valence-electron chi connectivity index (χ3n) is 9.04. The van der Waals surface area contributed by atoms with Crippen molar-refractivity contribution in [3.8, 4) is 0 Å². The summed E-state index contributed by atoms with van der Waals surface area (Å²) < 4.78 is 0. The number of aliphatic imine (C=N–C) groups is 1. The van der Waals surface area contributed by atoms with E-state index in [1.807, 2.05) is 25.4 Å². The van der Waals surface area contributed by atoms with Crippen LogP contribution in [0.2, 0.25) is 0 Å². The maximum Gasteiger partial charge on any atom is 0.133 e. The van der Waals surface area contributed by atoms with E-state index >= 15 is 0 Å². The summed E-state index contributed by atoms with van der Waals surface area (Å²) in [5.41, 5.74) is 9.80. The van der Waals surface area contributed by atoms with Crippen molar-refractivity contribution >= 4 is 17.1 Å². The van der Waals surface area contributed by atoms with Gasteiger partial charge in [0.15, 0.2) is 0 Å². The van der Waals surface area contributed by atoms with Crippen LogP contribution in [0.4, 0.5) is 0 Å². The molecule has 0 saturated carbocycles. The fourth-order valence-corrected chi connectivity index (χ4v) is 6.08. The molecule has 46 heavy (non-hydrogen) atoms. The molecular formula is C41H59N5. The highest BCUT2D eigenvalue weighted by Crippen LogP contribution is 2.30. The first-order valence-electron chi connectivity index (χ1n) is 17.3. The number of fused-ring (bicyclic) bond motifs is 1. The number of aromatic nitrogens is 1. The summed E-state index contributed by atoms with van der Waals surface area (Å²) >= 11 is 0. The van der Waals surface area contributed by atoms with Gasteiger partial charge in [-0.3, -0.25) is 4.98 Å². The Bertz CT molecular complexity index is 1460. The number of piperidine rings is 1. The third-order valence-corrected chi connectivity index (χ3v) is 9.04. The third kappa shape index (κ3) is 10.7. The van der Waals surface area contributed by atoms with E-state index in [1.165, 1.54) is 40.7 Å². The summed E-state index contributed by atoms with van der Waals surface area (Å²) in [5.74, 6) is 1.59. The van der Waals surface area contributed by atoms with Crippen LogP contribution in [0, 0.1) is 5.92 Å². The molecular weight excluding hydrogens is 562 g/mol. The van der Waals surface area contributed by atoms with Gasteiger partial charge in [0.2, 0.25) is 0 Å². The molecule has 0 bridgehead atoms. The molecule has 1 aromatic heterocycles. The van der Waals surface area contributed by atoms with Crippen LogP contribution in [0.25, 0.3) is 10.9 Å². The van der Waals surface area contributed by atoms with E-state index in [1.54, 1.807) is 0 Å². The highest BCUT2D eigenvalue weighted by Gasteiger charge is 2.24. The highest BCUT2D eigenvalue weighted by molar-refractivity contribution is 5.78. The maximum atomic E-state index is 4.95. The lowest BCUT2D eigenvalue weighted by Crippen LogP contribution is -2.39. The minimum atomic E-state index is 0.112. The molecule has 3 rings (SSSR count). The predicted octanol–water partition coefficient (Wildman–Crippen LogP) is 9.83. The van der Waals surface area contributed by atoms with Gasteiger partial charge >= 0.3 is 0 Å². The van der Waals surface area contributed by atoms with Crippen molar-refractivity contribution in [1.29, 1.82) is 0 Å². The molecule has 1 fully saturated rings. The number of para-hydroxylation sites is 1. The number of pyridine rings is 1. The van der Waals surface area contributed by atoms with Crippen LogP contribution in [0.1, 0.15) is 92.6 Å². The van der Waals surface area contributed by atoms with Gasteiger partial charge < -0.3 is 15.5 Å². The van der Waals surface area contributed by atoms with Crippen molar-refractivity contribution in [2.45, 2.75) is 99.6 Å². The summed E-state index contributed by atoms with van der Waals surface area (Å²) in [7, 11) is 0. The molecule has 0 amide bonds. The molecule has 248 valence electrons. The summed E-state index contributed by atoms with van der Waals surface area (Å²) in [5, 5.41) is 8.62. The van der Waals surface area contributed by atoms with E-state index in [9.17, 15) is 0 Å². The lowest BCUT2D eigenvalue weighted by atomic mass is 9.89. The minimum absolute atomic E-state index is 0.112. The van der Waals surface area contributed by atoms with Gasteiger partial charge in [-0.05, 0) is 95.9 Å². The Balaban J connectivity index is 1.67. The summed E-state index contributed by atoms with van der Waals surface area (Å²) in [6, 6.07) is 10.6. The number of benzene rings is 1. The fourth-order valence-electron chi connectivity index (χ4n) is 6.08. The summed E-state index contributed by atoms with van der Waals surface area (Å²) in [4.78, 5) is 12.1. The van der Waals surface area contributed by atoms with Crippen molar-refractivity contribution in [2.24, 2.45) is 10.9 Å². The molecule has 2 N–H and O–H groups in total. The van der Waals surface area contributed by atoms with Gasteiger partial charge in [0.05, 0.1) is 5.52 Å². The SMILES string of the molecule is C=C(/C=C\C(CCCC)=C(C)C)C1CCN(C(/N=C\C)=C(CC)/C(=C/C)NCC(NCc2cnc3ccccc3c2)C(=C)C)CC1. The van der Waals surface area contributed by atoms with Crippen molar-refractivity contribution in [2.75, 3.05) is 19.6 Å². The summed E-state index contributed by atoms with van der Waals surface area (Å²) in [6.07, 6.45) is 17.4. The molecule has 0 spiro atoms. The Morgan fingerprint density at radius 1 is 1.09 bits per heavy atom. The van der Waals surface area contributed by atoms with E-state index in [0.717, 1.165) is 79.9 Å². The molecule has 1 atom stereocenters. The van der Waals surface area contributed by atoms with Gasteiger partial charge in [0.25, 0.3) is 0 Å². The van der Waals surface area contributed by atoms with Crippen LogP contribution in [0.15, 0.2) is 112 Å². The maximum absolute atomic E-state index is 4.95. The number of allylic oxidation sites excluding steroid dienone is 7. The Hall–Kier alpha value is -3.70. The van der Waals surface area contributed by atoms with Crippen LogP contribution in [-0.2, 0) is 6.54 Å². The van der Waals surface area contributed by atoms with Gasteiger partial charge in [-0.2, -0.15) is 0 Å². The first-order chi connectivity index (χ1) is 22.2. The van der Waals surface area contributed by atoms with Crippen molar-refractivity contribution in [3.63, 3.8) is 0 Å².